The standard InChI is InChI=1S/C19H23N3O3S/c1-2-25-17-11-14(7-8-20-17)12-21-18(23)15-5-3-9-22(13-15)19(24)16-6-4-10-26-16/h4,6-8,10-11,15H,2-3,5,9,12-13H2,1H3,(H,21,23). The molecule has 1 fully saturated rings. The van der Waals surface area contributed by atoms with Crippen LogP contribution in [0.2, 0.25) is 0 Å². The van der Waals surface area contributed by atoms with Crippen LogP contribution < -0.4 is 10.1 Å². The summed E-state index contributed by atoms with van der Waals surface area (Å²) in [6.07, 6.45) is 3.33. The number of aromatic nitrogens is 1. The van der Waals surface area contributed by atoms with Gasteiger partial charge in [-0.1, -0.05) is 6.07 Å². The Hall–Kier alpha value is -2.41. The van der Waals surface area contributed by atoms with Crippen LogP contribution in [0.5, 0.6) is 5.88 Å². The number of nitrogens with one attached hydrogen (secondary N) is 1. The van der Waals surface area contributed by atoms with E-state index in [1.165, 1.54) is 11.3 Å². The second kappa shape index (κ2) is 8.80. The van der Waals surface area contributed by atoms with Crippen molar-refractivity contribution >= 4 is 23.2 Å². The van der Waals surface area contributed by atoms with Crippen LogP contribution in [0, 0.1) is 5.92 Å². The van der Waals surface area contributed by atoms with Crippen LogP contribution in [0.4, 0.5) is 0 Å². The van der Waals surface area contributed by atoms with Crippen LogP contribution in [-0.4, -0.2) is 41.4 Å². The molecule has 138 valence electrons. The van der Waals surface area contributed by atoms with Crippen LogP contribution in [0.15, 0.2) is 35.8 Å². The molecule has 2 aromatic rings. The van der Waals surface area contributed by atoms with E-state index in [1.54, 1.807) is 11.1 Å². The summed E-state index contributed by atoms with van der Waals surface area (Å²) < 4.78 is 5.38. The second-order valence-electron chi connectivity index (χ2n) is 6.22. The van der Waals surface area contributed by atoms with Gasteiger partial charge in [-0.3, -0.25) is 9.59 Å². The molecule has 1 N–H and O–H groups in total. The minimum atomic E-state index is -0.166. The Balaban J connectivity index is 1.54. The summed E-state index contributed by atoms with van der Waals surface area (Å²) in [6.45, 7) is 4.07. The molecule has 3 rings (SSSR count). The normalized spacial score (nSPS) is 17.0. The molecule has 0 aromatic carbocycles. The Morgan fingerprint density at radius 1 is 1.42 bits per heavy atom. The molecule has 1 aliphatic rings. The summed E-state index contributed by atoms with van der Waals surface area (Å²) in [7, 11) is 0. The number of hydrogen-bond donors (Lipinski definition) is 1. The molecule has 1 saturated heterocycles. The summed E-state index contributed by atoms with van der Waals surface area (Å²) in [6, 6.07) is 7.39. The lowest BCUT2D eigenvalue weighted by Crippen LogP contribution is -2.45. The molecular formula is C19H23N3O3S. The van der Waals surface area contributed by atoms with Crippen molar-refractivity contribution in [2.24, 2.45) is 5.92 Å². The fourth-order valence-electron chi connectivity index (χ4n) is 3.05. The third-order valence-electron chi connectivity index (χ3n) is 4.37. The van der Waals surface area contributed by atoms with E-state index in [2.05, 4.69) is 10.3 Å². The zero-order chi connectivity index (χ0) is 18.4. The maximum absolute atomic E-state index is 12.5. The quantitative estimate of drug-likeness (QED) is 0.845. The van der Waals surface area contributed by atoms with Gasteiger partial charge in [0.15, 0.2) is 0 Å². The van der Waals surface area contributed by atoms with Crippen molar-refractivity contribution in [1.82, 2.24) is 15.2 Å². The number of amides is 2. The summed E-state index contributed by atoms with van der Waals surface area (Å²) in [5.41, 5.74) is 0.944. The van der Waals surface area contributed by atoms with Crippen LogP contribution >= 0.6 is 11.3 Å². The molecule has 7 heteroatoms. The first-order chi connectivity index (χ1) is 12.7. The maximum Gasteiger partial charge on any atom is 0.263 e. The third-order valence-corrected chi connectivity index (χ3v) is 5.23. The van der Waals surface area contributed by atoms with Gasteiger partial charge in [-0.05, 0) is 42.8 Å². The predicted octanol–water partition coefficient (Wildman–Crippen LogP) is 2.71. The van der Waals surface area contributed by atoms with Crippen molar-refractivity contribution in [3.63, 3.8) is 0 Å². The van der Waals surface area contributed by atoms with E-state index in [0.29, 0.717) is 32.1 Å². The first-order valence-electron chi connectivity index (χ1n) is 8.85. The van der Waals surface area contributed by atoms with Gasteiger partial charge in [0, 0.05) is 31.9 Å². The van der Waals surface area contributed by atoms with Crippen LogP contribution in [0.3, 0.4) is 0 Å². The highest BCUT2D eigenvalue weighted by atomic mass is 32.1. The highest BCUT2D eigenvalue weighted by Crippen LogP contribution is 2.21. The van der Waals surface area contributed by atoms with E-state index in [0.717, 1.165) is 23.3 Å². The first-order valence-corrected chi connectivity index (χ1v) is 9.73. The molecule has 0 saturated carbocycles. The minimum absolute atomic E-state index is 0.0107. The monoisotopic (exact) mass is 373 g/mol. The molecule has 1 unspecified atom stereocenters. The Bertz CT molecular complexity index is 748. The average Bonchev–Trinajstić information content (AvgIpc) is 3.21. The molecule has 6 nitrogen and oxygen atoms in total. The van der Waals surface area contributed by atoms with Gasteiger partial charge in [-0.2, -0.15) is 0 Å². The van der Waals surface area contributed by atoms with E-state index < -0.39 is 0 Å². The molecule has 1 atom stereocenters. The minimum Gasteiger partial charge on any atom is -0.478 e. The summed E-state index contributed by atoms with van der Waals surface area (Å²) >= 11 is 1.44. The Labute approximate surface area is 157 Å². The molecule has 0 spiro atoms. The third kappa shape index (κ3) is 4.60. The number of piperidine rings is 1. The predicted molar refractivity (Wildman–Crippen MR) is 100 cm³/mol. The zero-order valence-electron chi connectivity index (χ0n) is 14.8. The summed E-state index contributed by atoms with van der Waals surface area (Å²) in [4.78, 5) is 31.7. The molecule has 0 radical (unpaired) electrons. The number of likely N-dealkylation sites (tertiary alicyclic amines) is 1. The fraction of sp³-hybridized carbons (Fsp3) is 0.421. The number of carbonyl (C=O) groups is 2. The lowest BCUT2D eigenvalue weighted by Gasteiger charge is -2.31. The van der Waals surface area contributed by atoms with Crippen molar-refractivity contribution < 1.29 is 14.3 Å². The summed E-state index contributed by atoms with van der Waals surface area (Å²) in [5, 5.41) is 4.87. The van der Waals surface area contributed by atoms with Gasteiger partial charge >= 0.3 is 0 Å². The highest BCUT2D eigenvalue weighted by molar-refractivity contribution is 7.12. The topological polar surface area (TPSA) is 71.5 Å². The van der Waals surface area contributed by atoms with Crippen molar-refractivity contribution in [3.8, 4) is 5.88 Å². The van der Waals surface area contributed by atoms with Crippen molar-refractivity contribution in [2.75, 3.05) is 19.7 Å². The molecule has 2 aromatic heterocycles. The largest absolute Gasteiger partial charge is 0.478 e. The van der Waals surface area contributed by atoms with E-state index in [9.17, 15) is 9.59 Å². The lowest BCUT2D eigenvalue weighted by atomic mass is 9.97. The smallest absolute Gasteiger partial charge is 0.263 e. The fourth-order valence-corrected chi connectivity index (χ4v) is 3.74. The van der Waals surface area contributed by atoms with Crippen LogP contribution in [-0.2, 0) is 11.3 Å². The van der Waals surface area contributed by atoms with Gasteiger partial charge < -0.3 is 15.0 Å². The Morgan fingerprint density at radius 3 is 3.08 bits per heavy atom. The Kier molecular flexibility index (Phi) is 6.22. The van der Waals surface area contributed by atoms with Gasteiger partial charge in [-0.15, -0.1) is 11.3 Å². The molecule has 0 aliphatic carbocycles. The Morgan fingerprint density at radius 2 is 2.31 bits per heavy atom. The average molecular weight is 373 g/mol. The SMILES string of the molecule is CCOc1cc(CNC(=O)C2CCCN(C(=O)c3cccs3)C2)ccn1. The first kappa shape index (κ1) is 18.4. The molecule has 3 heterocycles. The molecular weight excluding hydrogens is 350 g/mol. The van der Waals surface area contributed by atoms with Gasteiger partial charge in [0.1, 0.15) is 0 Å². The van der Waals surface area contributed by atoms with Gasteiger partial charge in [0.25, 0.3) is 5.91 Å². The number of ether oxygens (including phenoxy) is 1. The molecule has 0 bridgehead atoms. The number of hydrogen-bond acceptors (Lipinski definition) is 5. The van der Waals surface area contributed by atoms with Gasteiger partial charge in [-0.25, -0.2) is 4.98 Å². The summed E-state index contributed by atoms with van der Waals surface area (Å²) in [5.74, 6) is 0.405. The van der Waals surface area contributed by atoms with Gasteiger partial charge in [0.2, 0.25) is 11.8 Å². The maximum atomic E-state index is 12.5. The number of pyridine rings is 1. The van der Waals surface area contributed by atoms with E-state index in [1.807, 2.05) is 36.6 Å². The van der Waals surface area contributed by atoms with Crippen LogP contribution in [0.1, 0.15) is 35.0 Å². The van der Waals surface area contributed by atoms with E-state index >= 15 is 0 Å². The van der Waals surface area contributed by atoms with Crippen molar-refractivity contribution in [1.29, 1.82) is 0 Å². The number of carbonyl (C=O) groups excluding carboxylic acids is 2. The van der Waals surface area contributed by atoms with Crippen molar-refractivity contribution in [3.05, 3.63) is 46.3 Å². The lowest BCUT2D eigenvalue weighted by molar-refractivity contribution is -0.126. The second-order valence-corrected chi connectivity index (χ2v) is 7.17. The van der Waals surface area contributed by atoms with E-state index in [-0.39, 0.29) is 17.7 Å². The zero-order valence-corrected chi connectivity index (χ0v) is 15.6. The van der Waals surface area contributed by atoms with E-state index in [4.69, 9.17) is 4.74 Å². The highest BCUT2D eigenvalue weighted by Gasteiger charge is 2.29. The van der Waals surface area contributed by atoms with Gasteiger partial charge in [0.05, 0.1) is 17.4 Å². The molecule has 2 amide bonds. The van der Waals surface area contributed by atoms with Crippen molar-refractivity contribution in [2.45, 2.75) is 26.3 Å². The molecule has 1 aliphatic heterocycles. The number of nitrogens with zero attached hydrogens (tertiary/aromatic N) is 2. The molecule has 26 heavy (non-hydrogen) atoms. The van der Waals surface area contributed by atoms with Crippen LogP contribution in [0.25, 0.3) is 0 Å². The number of rotatable bonds is 6. The number of thiophene rings is 1.